The Morgan fingerprint density at radius 2 is 2.05 bits per heavy atom. The second-order valence-corrected chi connectivity index (χ2v) is 6.06. The lowest BCUT2D eigenvalue weighted by molar-refractivity contribution is 0.526. The molecule has 102 valence electrons. The lowest BCUT2D eigenvalue weighted by Crippen LogP contribution is -1.91. The molecule has 0 saturated carbocycles. The summed E-state index contributed by atoms with van der Waals surface area (Å²) >= 11 is 6.15. The number of hydrogen-bond donors (Lipinski definition) is 0. The third-order valence-corrected chi connectivity index (χ3v) is 4.40. The van der Waals surface area contributed by atoms with E-state index in [2.05, 4.69) is 13.0 Å². The Bertz CT molecular complexity index is 810. The third-order valence-electron chi connectivity index (χ3n) is 4.17. The molecule has 2 aromatic heterocycles. The summed E-state index contributed by atoms with van der Waals surface area (Å²) < 4.78 is 12.0. The zero-order valence-corrected chi connectivity index (χ0v) is 12.3. The summed E-state index contributed by atoms with van der Waals surface area (Å²) in [5.74, 6) is 3.41. The maximum atomic E-state index is 6.15. The Kier molecular flexibility index (Phi) is 2.52. The van der Waals surface area contributed by atoms with Crippen molar-refractivity contribution < 1.29 is 8.83 Å². The molecule has 0 aliphatic heterocycles. The van der Waals surface area contributed by atoms with Crippen molar-refractivity contribution in [2.45, 2.75) is 32.6 Å². The van der Waals surface area contributed by atoms with Gasteiger partial charge in [-0.05, 0) is 43.5 Å². The van der Waals surface area contributed by atoms with Crippen LogP contribution in [-0.2, 0) is 6.42 Å². The molecule has 20 heavy (non-hydrogen) atoms. The zero-order chi connectivity index (χ0) is 13.9. The van der Waals surface area contributed by atoms with Gasteiger partial charge in [0.1, 0.15) is 22.9 Å². The largest absolute Gasteiger partial charge is 0.461 e. The first-order chi connectivity index (χ1) is 9.63. The predicted octanol–water partition coefficient (Wildman–Crippen LogP) is 5.70. The Morgan fingerprint density at radius 1 is 1.20 bits per heavy atom. The van der Waals surface area contributed by atoms with E-state index in [0.29, 0.717) is 5.92 Å². The SMILES string of the molecule is Cc1cc2c(o1)-c1c(oc3ccc(Cl)cc13)CC[C@@H]2C. The summed E-state index contributed by atoms with van der Waals surface area (Å²) in [5, 5.41) is 1.78. The first kappa shape index (κ1) is 12.1. The fourth-order valence-corrected chi connectivity index (χ4v) is 3.32. The van der Waals surface area contributed by atoms with Crippen molar-refractivity contribution >= 4 is 22.6 Å². The molecule has 0 amide bonds. The van der Waals surface area contributed by atoms with Gasteiger partial charge in [-0.1, -0.05) is 18.5 Å². The van der Waals surface area contributed by atoms with Gasteiger partial charge in [0.25, 0.3) is 0 Å². The molecule has 0 saturated heterocycles. The van der Waals surface area contributed by atoms with E-state index in [1.807, 2.05) is 25.1 Å². The molecule has 0 unspecified atom stereocenters. The number of furan rings is 2. The van der Waals surface area contributed by atoms with Gasteiger partial charge in [-0.15, -0.1) is 0 Å². The zero-order valence-electron chi connectivity index (χ0n) is 11.5. The number of halogens is 1. The van der Waals surface area contributed by atoms with E-state index in [1.165, 1.54) is 5.56 Å². The molecule has 2 heterocycles. The maximum absolute atomic E-state index is 6.15. The summed E-state index contributed by atoms with van der Waals surface area (Å²) in [6, 6.07) is 7.92. The average molecular weight is 287 g/mol. The Morgan fingerprint density at radius 3 is 2.90 bits per heavy atom. The van der Waals surface area contributed by atoms with E-state index in [0.717, 1.165) is 51.7 Å². The maximum Gasteiger partial charge on any atom is 0.141 e. The standard InChI is InChI=1S/C17H15ClO2/c1-9-3-5-15-16(17-12(9)7-10(2)19-17)13-8-11(18)4-6-14(13)20-15/h4,6-9H,3,5H2,1-2H3/t9-/m0/s1. The summed E-state index contributed by atoms with van der Waals surface area (Å²) in [6.07, 6.45) is 2.01. The smallest absolute Gasteiger partial charge is 0.141 e. The minimum atomic E-state index is 0.485. The molecule has 2 nitrogen and oxygen atoms in total. The van der Waals surface area contributed by atoms with Crippen LogP contribution in [0.15, 0.2) is 33.1 Å². The van der Waals surface area contributed by atoms with E-state index in [1.54, 1.807) is 0 Å². The van der Waals surface area contributed by atoms with Gasteiger partial charge in [0, 0.05) is 22.4 Å². The van der Waals surface area contributed by atoms with E-state index in [9.17, 15) is 0 Å². The summed E-state index contributed by atoms with van der Waals surface area (Å²) in [7, 11) is 0. The fourth-order valence-electron chi connectivity index (χ4n) is 3.14. The van der Waals surface area contributed by atoms with Gasteiger partial charge in [-0.2, -0.15) is 0 Å². The highest BCUT2D eigenvalue weighted by molar-refractivity contribution is 6.31. The molecule has 1 aromatic carbocycles. The van der Waals surface area contributed by atoms with Crippen molar-refractivity contribution in [2.75, 3.05) is 0 Å². The van der Waals surface area contributed by atoms with Crippen LogP contribution in [0.1, 0.15) is 36.3 Å². The van der Waals surface area contributed by atoms with Gasteiger partial charge in [-0.3, -0.25) is 0 Å². The topological polar surface area (TPSA) is 26.3 Å². The van der Waals surface area contributed by atoms with Gasteiger partial charge >= 0.3 is 0 Å². The van der Waals surface area contributed by atoms with Crippen LogP contribution in [-0.4, -0.2) is 0 Å². The highest BCUT2D eigenvalue weighted by atomic mass is 35.5. The first-order valence-corrected chi connectivity index (χ1v) is 7.33. The predicted molar refractivity (Wildman–Crippen MR) is 80.4 cm³/mol. The third kappa shape index (κ3) is 1.64. The molecule has 0 radical (unpaired) electrons. The van der Waals surface area contributed by atoms with Gasteiger partial charge < -0.3 is 8.83 Å². The van der Waals surface area contributed by atoms with Gasteiger partial charge in [-0.25, -0.2) is 0 Å². The number of benzene rings is 1. The second-order valence-electron chi connectivity index (χ2n) is 5.62. The quantitative estimate of drug-likeness (QED) is 0.529. The summed E-state index contributed by atoms with van der Waals surface area (Å²) in [5.41, 5.74) is 3.26. The molecule has 0 spiro atoms. The van der Waals surface area contributed by atoms with Crippen LogP contribution in [0.3, 0.4) is 0 Å². The van der Waals surface area contributed by atoms with Crippen molar-refractivity contribution in [1.82, 2.24) is 0 Å². The molecule has 1 aliphatic carbocycles. The molecule has 4 rings (SSSR count). The van der Waals surface area contributed by atoms with Crippen LogP contribution in [0.2, 0.25) is 5.02 Å². The van der Waals surface area contributed by atoms with Crippen molar-refractivity contribution in [3.8, 4) is 11.3 Å². The van der Waals surface area contributed by atoms with Gasteiger partial charge in [0.2, 0.25) is 0 Å². The number of rotatable bonds is 0. The van der Waals surface area contributed by atoms with Crippen molar-refractivity contribution in [3.05, 3.63) is 46.4 Å². The number of hydrogen-bond acceptors (Lipinski definition) is 2. The van der Waals surface area contributed by atoms with E-state index < -0.39 is 0 Å². The summed E-state index contributed by atoms with van der Waals surface area (Å²) in [6.45, 7) is 4.24. The molecule has 0 N–H and O–H groups in total. The minimum absolute atomic E-state index is 0.485. The molecule has 0 fully saturated rings. The molecule has 0 bridgehead atoms. The highest BCUT2D eigenvalue weighted by Crippen LogP contribution is 2.45. The fraction of sp³-hybridized carbons (Fsp3) is 0.294. The Hall–Kier alpha value is -1.67. The van der Waals surface area contributed by atoms with Crippen LogP contribution >= 0.6 is 11.6 Å². The Labute approximate surface area is 122 Å². The first-order valence-electron chi connectivity index (χ1n) is 6.95. The monoisotopic (exact) mass is 286 g/mol. The molecular formula is C17H15ClO2. The second kappa shape index (κ2) is 4.16. The summed E-state index contributed by atoms with van der Waals surface area (Å²) in [4.78, 5) is 0. The van der Waals surface area contributed by atoms with E-state index in [4.69, 9.17) is 20.4 Å². The molecule has 1 aliphatic rings. The molecule has 3 heteroatoms. The molecule has 1 atom stereocenters. The van der Waals surface area contributed by atoms with Crippen LogP contribution < -0.4 is 0 Å². The Balaban J connectivity index is 2.10. The van der Waals surface area contributed by atoms with Gasteiger partial charge in [0.15, 0.2) is 0 Å². The number of aryl methyl sites for hydroxylation is 2. The van der Waals surface area contributed by atoms with E-state index >= 15 is 0 Å². The van der Waals surface area contributed by atoms with Crippen LogP contribution in [0.5, 0.6) is 0 Å². The average Bonchev–Trinajstić information content (AvgIpc) is 2.92. The normalized spacial score (nSPS) is 17.9. The van der Waals surface area contributed by atoms with Crippen molar-refractivity contribution in [2.24, 2.45) is 0 Å². The van der Waals surface area contributed by atoms with Gasteiger partial charge in [0.05, 0.1) is 5.56 Å². The minimum Gasteiger partial charge on any atom is -0.461 e. The number of fused-ring (bicyclic) bond motifs is 5. The molecular weight excluding hydrogens is 272 g/mol. The lowest BCUT2D eigenvalue weighted by Gasteiger charge is -2.06. The lowest BCUT2D eigenvalue weighted by atomic mass is 9.98. The van der Waals surface area contributed by atoms with Crippen molar-refractivity contribution in [3.63, 3.8) is 0 Å². The molecule has 3 aromatic rings. The van der Waals surface area contributed by atoms with Crippen LogP contribution in [0.25, 0.3) is 22.3 Å². The van der Waals surface area contributed by atoms with E-state index in [-0.39, 0.29) is 0 Å². The van der Waals surface area contributed by atoms with Crippen molar-refractivity contribution in [1.29, 1.82) is 0 Å². The van der Waals surface area contributed by atoms with Crippen LogP contribution in [0, 0.1) is 6.92 Å². The highest BCUT2D eigenvalue weighted by Gasteiger charge is 2.28. The van der Waals surface area contributed by atoms with Crippen LogP contribution in [0.4, 0.5) is 0 Å².